The Morgan fingerprint density at radius 1 is 1.03 bits per heavy atom. The second kappa shape index (κ2) is 9.37. The summed E-state index contributed by atoms with van der Waals surface area (Å²) in [6.07, 6.45) is 3.16. The van der Waals surface area contributed by atoms with Crippen LogP contribution in [0.25, 0.3) is 41.3 Å². The zero-order valence-corrected chi connectivity index (χ0v) is 24.5. The quantitative estimate of drug-likeness (QED) is 0.113. The summed E-state index contributed by atoms with van der Waals surface area (Å²) in [6.45, 7) is 7.85. The molecule has 0 aliphatic carbocycles. The molecule has 1 aliphatic heterocycles. The molecule has 0 atom stereocenters. The fourth-order valence-corrected chi connectivity index (χ4v) is 10.9. The summed E-state index contributed by atoms with van der Waals surface area (Å²) in [4.78, 5) is 14.9. The van der Waals surface area contributed by atoms with Crippen molar-refractivity contribution in [2.45, 2.75) is 26.9 Å². The maximum absolute atomic E-state index is 10.0. The number of aromatic nitrogens is 1. The van der Waals surface area contributed by atoms with Crippen molar-refractivity contribution in [2.75, 3.05) is 0 Å². The molecule has 3 aromatic carbocycles. The molecule has 0 saturated heterocycles. The predicted octanol–water partition coefficient (Wildman–Crippen LogP) is 5.24. The molecule has 1 N–H and O–H groups in total. The largest absolute Gasteiger partial charge is 0 e. The number of benzene rings is 3. The van der Waals surface area contributed by atoms with Gasteiger partial charge in [0.25, 0.3) is 0 Å². The van der Waals surface area contributed by atoms with E-state index in [1.807, 2.05) is 6.20 Å². The van der Waals surface area contributed by atoms with Crippen molar-refractivity contribution in [1.29, 1.82) is 0 Å². The van der Waals surface area contributed by atoms with E-state index in [1.54, 1.807) is 5.19 Å². The molecule has 0 fully saturated rings. The first kappa shape index (κ1) is 24.8. The zero-order valence-electron chi connectivity index (χ0n) is 19.4. The van der Waals surface area contributed by atoms with Gasteiger partial charge in [0, 0.05) is 26.2 Å². The maximum atomic E-state index is 10.0. The van der Waals surface area contributed by atoms with Gasteiger partial charge in [-0.15, -0.1) is 0 Å². The van der Waals surface area contributed by atoms with E-state index in [1.165, 1.54) is 60.7 Å². The van der Waals surface area contributed by atoms with Gasteiger partial charge < -0.3 is 5.11 Å². The molecule has 0 unspecified atom stereocenters. The van der Waals surface area contributed by atoms with E-state index in [-0.39, 0.29) is 31.6 Å². The van der Waals surface area contributed by atoms with Gasteiger partial charge in [-0.3, -0.25) is 4.79 Å². The fraction of sp³-hybridized carbons (Fsp3) is 0.143. The molecule has 2 aromatic heterocycles. The second-order valence-electron chi connectivity index (χ2n) is 8.96. The van der Waals surface area contributed by atoms with Crippen LogP contribution in [-0.4, -0.2) is 38.5 Å². The third-order valence-corrected chi connectivity index (χ3v) is 12.1. The number of carbonyl (C=O) groups excluding carboxylic acids is 1. The van der Waals surface area contributed by atoms with Crippen molar-refractivity contribution in [1.82, 2.24) is 4.98 Å². The first-order valence-corrected chi connectivity index (χ1v) is 15.6. The van der Waals surface area contributed by atoms with E-state index in [9.17, 15) is 4.79 Å². The minimum atomic E-state index is -1.90. The Balaban J connectivity index is 0.000000303. The van der Waals surface area contributed by atoms with Crippen LogP contribution in [0.1, 0.15) is 13.8 Å². The number of rotatable bonds is 1. The standard InChI is InChI=1S/C23H16NSeSi.C5H8O2.Ir/c1-26(2)19-9-5-8-17-20(19)21-18(25-17)12-13-24-22(21)16-11-10-14-6-3-4-7-15(14)23(16)26;1-4(6)3-5(2)7;/h3-10,12-13H,1-2H3;3,6H,1-2H3;/q-1;;/b;4-3-;. The van der Waals surface area contributed by atoms with Crippen LogP contribution in [0.3, 0.4) is 0 Å². The van der Waals surface area contributed by atoms with Crippen molar-refractivity contribution in [3.63, 3.8) is 0 Å². The van der Waals surface area contributed by atoms with Gasteiger partial charge in [0.05, 0.1) is 5.76 Å². The van der Waals surface area contributed by atoms with Crippen molar-refractivity contribution in [3.8, 4) is 11.3 Å². The number of hydrogen-bond acceptors (Lipinski definition) is 3. The minimum absolute atomic E-state index is 0. The molecule has 34 heavy (non-hydrogen) atoms. The summed E-state index contributed by atoms with van der Waals surface area (Å²) in [5.41, 5.74) is 2.38. The van der Waals surface area contributed by atoms with Crippen molar-refractivity contribution < 1.29 is 30.0 Å². The summed E-state index contributed by atoms with van der Waals surface area (Å²) in [6, 6.07) is 23.8. The number of fused-ring (bicyclic) bond motifs is 4. The van der Waals surface area contributed by atoms with E-state index in [2.05, 4.69) is 73.8 Å². The molecule has 1 aliphatic rings. The molecule has 1 radical (unpaired) electrons. The van der Waals surface area contributed by atoms with E-state index in [0.717, 1.165) is 5.69 Å². The second-order valence-corrected chi connectivity index (χ2v) is 15.5. The molecule has 6 rings (SSSR count). The van der Waals surface area contributed by atoms with Crippen LogP contribution in [0, 0.1) is 6.07 Å². The summed E-state index contributed by atoms with van der Waals surface area (Å²) in [5.74, 6) is -0.0625. The number of allylic oxidation sites excluding steroid dienone is 2. The molecule has 0 saturated carbocycles. The molecule has 5 aromatic rings. The SMILES string of the molecule is CC(=O)/C=C(/C)O.C[Si]1(C)c2c([c-]cc3ccccc23)-c2nccc3[se]c4cccc1c4c23.[Ir]. The molecule has 3 heterocycles. The van der Waals surface area contributed by atoms with Crippen LogP contribution >= 0.6 is 0 Å². The number of ketones is 1. The summed E-state index contributed by atoms with van der Waals surface area (Å²) in [7, 11) is -1.90. The Bertz CT molecular complexity index is 1600. The normalized spacial score (nSPS) is 13.7. The van der Waals surface area contributed by atoms with Gasteiger partial charge in [0.2, 0.25) is 0 Å². The van der Waals surface area contributed by atoms with E-state index in [4.69, 9.17) is 10.1 Å². The molecule has 0 spiro atoms. The average Bonchev–Trinajstić information content (AvgIpc) is 3.12. The zero-order chi connectivity index (χ0) is 23.3. The predicted molar refractivity (Wildman–Crippen MR) is 142 cm³/mol. The Hall–Kier alpha value is -2.33. The van der Waals surface area contributed by atoms with Gasteiger partial charge in [-0.05, 0) is 13.8 Å². The number of nitrogens with zero attached hydrogens (tertiary/aromatic N) is 1. The van der Waals surface area contributed by atoms with Crippen molar-refractivity contribution in [2.24, 2.45) is 0 Å². The average molecular weight is 706 g/mol. The van der Waals surface area contributed by atoms with Gasteiger partial charge in [0.15, 0.2) is 5.78 Å². The van der Waals surface area contributed by atoms with Gasteiger partial charge in [0.1, 0.15) is 0 Å². The van der Waals surface area contributed by atoms with Crippen LogP contribution < -0.4 is 10.4 Å². The first-order valence-electron chi connectivity index (χ1n) is 10.9. The number of aliphatic hydroxyl groups excluding tert-OH is 1. The van der Waals surface area contributed by atoms with E-state index >= 15 is 0 Å². The Labute approximate surface area is 219 Å². The summed E-state index contributed by atoms with van der Waals surface area (Å²) in [5, 5.41) is 17.0. The topological polar surface area (TPSA) is 50.2 Å². The molecular weight excluding hydrogens is 682 g/mol. The van der Waals surface area contributed by atoms with Crippen LogP contribution in [0.2, 0.25) is 13.1 Å². The van der Waals surface area contributed by atoms with E-state index in [0.29, 0.717) is 14.5 Å². The van der Waals surface area contributed by atoms with Crippen LogP contribution in [0.4, 0.5) is 0 Å². The Morgan fingerprint density at radius 3 is 2.47 bits per heavy atom. The van der Waals surface area contributed by atoms with Gasteiger partial charge >= 0.3 is 159 Å². The Kier molecular flexibility index (Phi) is 6.83. The molecule has 0 bridgehead atoms. The first-order chi connectivity index (χ1) is 15.8. The van der Waals surface area contributed by atoms with Gasteiger partial charge in [-0.1, -0.05) is 0 Å². The molecular formula is C28H24IrNO2SeSi-. The summed E-state index contributed by atoms with van der Waals surface area (Å²) >= 11 is 0.386. The smallest absolute Gasteiger partial charge is 0 e. The van der Waals surface area contributed by atoms with Crippen molar-refractivity contribution >= 4 is 68.8 Å². The maximum Gasteiger partial charge on any atom is 0 e. The number of aliphatic hydroxyl groups is 1. The van der Waals surface area contributed by atoms with Crippen molar-refractivity contribution in [3.05, 3.63) is 78.7 Å². The van der Waals surface area contributed by atoms with Crippen LogP contribution in [-0.2, 0) is 24.9 Å². The van der Waals surface area contributed by atoms with Crippen LogP contribution in [0.15, 0.2) is 72.6 Å². The molecule has 6 heteroatoms. The van der Waals surface area contributed by atoms with Crippen LogP contribution in [0.5, 0.6) is 0 Å². The minimum Gasteiger partial charge on any atom is 0 e. The summed E-state index contributed by atoms with van der Waals surface area (Å²) < 4.78 is 3.00. The third-order valence-electron chi connectivity index (χ3n) is 6.21. The molecule has 3 nitrogen and oxygen atoms in total. The van der Waals surface area contributed by atoms with Gasteiger partial charge in [-0.25, -0.2) is 0 Å². The Morgan fingerprint density at radius 2 is 1.76 bits per heavy atom. The fourth-order valence-electron chi connectivity index (χ4n) is 4.95. The monoisotopic (exact) mass is 707 g/mol. The van der Waals surface area contributed by atoms with E-state index < -0.39 is 8.07 Å². The third kappa shape index (κ3) is 4.04. The van der Waals surface area contributed by atoms with Gasteiger partial charge in [-0.2, -0.15) is 0 Å². The number of carbonyl (C=O) groups is 1. The number of hydrogen-bond donors (Lipinski definition) is 1. The molecule has 0 amide bonds. The molecule has 173 valence electrons. The number of pyridine rings is 1.